The highest BCUT2D eigenvalue weighted by atomic mass is 32.3. The first kappa shape index (κ1) is 12.8. The van der Waals surface area contributed by atoms with Gasteiger partial charge in [0, 0.05) is 0 Å². The van der Waals surface area contributed by atoms with Gasteiger partial charge >= 0.3 is 10.4 Å². The van der Waals surface area contributed by atoms with E-state index in [9.17, 15) is 18.6 Å². The van der Waals surface area contributed by atoms with Crippen LogP contribution < -0.4 is 0 Å². The lowest BCUT2D eigenvalue weighted by Crippen LogP contribution is -2.58. The Morgan fingerprint density at radius 1 is 1.20 bits per heavy atom. The van der Waals surface area contributed by atoms with Crippen LogP contribution in [0.25, 0.3) is 0 Å². The maximum Gasteiger partial charge on any atom is 0.397 e. The van der Waals surface area contributed by atoms with Crippen molar-refractivity contribution in [3.63, 3.8) is 0 Å². The number of hydrogen-bond donors (Lipinski definition) is 4. The SMILES string of the molecule is C[C@@H]1OC(O)[C@@H](O)[C@H](OS(=O)(=O)O)[C@@H]1O. The molecule has 1 aliphatic rings. The second-order valence-corrected chi connectivity index (χ2v) is 4.25. The molecule has 0 amide bonds. The highest BCUT2D eigenvalue weighted by Gasteiger charge is 2.45. The lowest BCUT2D eigenvalue weighted by Gasteiger charge is -2.38. The van der Waals surface area contributed by atoms with Gasteiger partial charge in [0.25, 0.3) is 0 Å². The first-order chi connectivity index (χ1) is 6.72. The molecule has 1 heterocycles. The van der Waals surface area contributed by atoms with Crippen molar-refractivity contribution >= 4 is 10.4 Å². The second-order valence-electron chi connectivity index (χ2n) is 3.20. The molecule has 90 valence electrons. The van der Waals surface area contributed by atoms with Gasteiger partial charge in [-0.15, -0.1) is 0 Å². The summed E-state index contributed by atoms with van der Waals surface area (Å²) >= 11 is 0. The fourth-order valence-electron chi connectivity index (χ4n) is 1.27. The summed E-state index contributed by atoms with van der Waals surface area (Å²) in [6.07, 6.45) is -7.53. The van der Waals surface area contributed by atoms with E-state index < -0.39 is 41.1 Å². The second kappa shape index (κ2) is 4.29. The van der Waals surface area contributed by atoms with Crippen LogP contribution in [0, 0.1) is 0 Å². The van der Waals surface area contributed by atoms with Crippen LogP contribution in [0.15, 0.2) is 0 Å². The van der Waals surface area contributed by atoms with E-state index in [1.807, 2.05) is 0 Å². The monoisotopic (exact) mass is 244 g/mol. The van der Waals surface area contributed by atoms with E-state index >= 15 is 0 Å². The Morgan fingerprint density at radius 2 is 1.73 bits per heavy atom. The van der Waals surface area contributed by atoms with Crippen molar-refractivity contribution in [1.82, 2.24) is 0 Å². The van der Waals surface area contributed by atoms with Crippen molar-refractivity contribution < 1.29 is 37.2 Å². The predicted octanol–water partition coefficient (Wildman–Crippen LogP) is -2.37. The molecule has 0 aromatic rings. The molecule has 0 spiro atoms. The van der Waals surface area contributed by atoms with Gasteiger partial charge in [-0.25, -0.2) is 4.18 Å². The zero-order chi connectivity index (χ0) is 11.8. The molecule has 5 atom stereocenters. The third kappa shape index (κ3) is 3.08. The highest BCUT2D eigenvalue weighted by Crippen LogP contribution is 2.22. The normalized spacial score (nSPS) is 42.9. The maximum atomic E-state index is 10.4. The molecule has 0 radical (unpaired) electrons. The van der Waals surface area contributed by atoms with E-state index in [1.54, 1.807) is 0 Å². The van der Waals surface area contributed by atoms with Crippen LogP contribution in [-0.2, 0) is 19.3 Å². The molecular formula is C6H12O8S. The Bertz CT molecular complexity index is 299. The molecule has 1 unspecified atom stereocenters. The number of ether oxygens (including phenoxy) is 1. The first-order valence-electron chi connectivity index (χ1n) is 4.07. The third-order valence-corrected chi connectivity index (χ3v) is 2.50. The average Bonchev–Trinajstić information content (AvgIpc) is 2.08. The van der Waals surface area contributed by atoms with Crippen molar-refractivity contribution in [3.8, 4) is 0 Å². The fourth-order valence-corrected chi connectivity index (χ4v) is 1.78. The summed E-state index contributed by atoms with van der Waals surface area (Å²) in [4.78, 5) is 0. The largest absolute Gasteiger partial charge is 0.397 e. The lowest BCUT2D eigenvalue weighted by molar-refractivity contribution is -0.272. The molecule has 0 saturated carbocycles. The van der Waals surface area contributed by atoms with Gasteiger partial charge in [-0.3, -0.25) is 4.55 Å². The maximum absolute atomic E-state index is 10.4. The molecule has 0 aromatic carbocycles. The molecule has 4 N–H and O–H groups in total. The zero-order valence-corrected chi connectivity index (χ0v) is 8.53. The predicted molar refractivity (Wildman–Crippen MR) is 45.0 cm³/mol. The molecular weight excluding hydrogens is 232 g/mol. The fraction of sp³-hybridized carbons (Fsp3) is 1.00. The summed E-state index contributed by atoms with van der Waals surface area (Å²) in [5.74, 6) is 0. The molecule has 8 nitrogen and oxygen atoms in total. The van der Waals surface area contributed by atoms with Crippen LogP contribution in [0.4, 0.5) is 0 Å². The van der Waals surface area contributed by atoms with Crippen LogP contribution >= 0.6 is 0 Å². The smallest absolute Gasteiger partial charge is 0.388 e. The molecule has 0 aliphatic carbocycles. The number of rotatable bonds is 2. The van der Waals surface area contributed by atoms with Crippen molar-refractivity contribution in [3.05, 3.63) is 0 Å². The molecule has 0 aromatic heterocycles. The molecule has 15 heavy (non-hydrogen) atoms. The van der Waals surface area contributed by atoms with E-state index in [0.717, 1.165) is 0 Å². The van der Waals surface area contributed by atoms with Crippen molar-refractivity contribution in [2.45, 2.75) is 37.6 Å². The number of hydrogen-bond acceptors (Lipinski definition) is 7. The summed E-state index contributed by atoms with van der Waals surface area (Å²) < 4.78 is 37.9. The van der Waals surface area contributed by atoms with Gasteiger partial charge in [0.2, 0.25) is 0 Å². The Labute approximate surface area is 86.0 Å². The first-order valence-corrected chi connectivity index (χ1v) is 5.44. The molecule has 9 heteroatoms. The van der Waals surface area contributed by atoms with Gasteiger partial charge in [-0.2, -0.15) is 8.42 Å². The summed E-state index contributed by atoms with van der Waals surface area (Å²) in [5, 5.41) is 27.7. The standard InChI is InChI=1S/C6H12O8S/c1-2-3(7)5(14-15(10,11)12)4(8)6(9)13-2/h2-9H,1H3,(H,10,11,12)/t2-,3+,4-,5+,6?/m0/s1. The van der Waals surface area contributed by atoms with Gasteiger partial charge in [0.05, 0.1) is 6.10 Å². The number of aliphatic hydroxyl groups is 3. The Morgan fingerprint density at radius 3 is 2.20 bits per heavy atom. The average molecular weight is 244 g/mol. The topological polar surface area (TPSA) is 134 Å². The Hall–Kier alpha value is -0.290. The van der Waals surface area contributed by atoms with E-state index in [2.05, 4.69) is 8.92 Å². The minimum absolute atomic E-state index is 0.935. The molecule has 1 saturated heterocycles. The minimum atomic E-state index is -4.82. The molecule has 1 aliphatic heterocycles. The quantitative estimate of drug-likeness (QED) is 0.396. The van der Waals surface area contributed by atoms with Gasteiger partial charge in [0.15, 0.2) is 6.29 Å². The van der Waals surface area contributed by atoms with E-state index in [1.165, 1.54) is 6.92 Å². The highest BCUT2D eigenvalue weighted by molar-refractivity contribution is 7.80. The summed E-state index contributed by atoms with van der Waals surface area (Å²) in [5.41, 5.74) is 0. The third-order valence-electron chi connectivity index (χ3n) is 2.03. The van der Waals surface area contributed by atoms with Crippen LogP contribution in [0.3, 0.4) is 0 Å². The van der Waals surface area contributed by atoms with Crippen LogP contribution in [0.2, 0.25) is 0 Å². The minimum Gasteiger partial charge on any atom is -0.388 e. The Kier molecular flexibility index (Phi) is 3.66. The van der Waals surface area contributed by atoms with E-state index in [-0.39, 0.29) is 0 Å². The summed E-state index contributed by atoms with van der Waals surface area (Å²) in [6.45, 7) is 1.35. The molecule has 1 rings (SSSR count). The van der Waals surface area contributed by atoms with Crippen LogP contribution in [-0.4, -0.2) is 59.0 Å². The lowest BCUT2D eigenvalue weighted by atomic mass is 10.0. The van der Waals surface area contributed by atoms with Gasteiger partial charge in [-0.05, 0) is 6.92 Å². The Balaban J connectivity index is 2.82. The van der Waals surface area contributed by atoms with Crippen molar-refractivity contribution in [1.29, 1.82) is 0 Å². The van der Waals surface area contributed by atoms with Gasteiger partial charge < -0.3 is 20.1 Å². The van der Waals surface area contributed by atoms with E-state index in [0.29, 0.717) is 0 Å². The summed E-state index contributed by atoms with van der Waals surface area (Å²) in [6, 6.07) is 0. The zero-order valence-electron chi connectivity index (χ0n) is 7.72. The van der Waals surface area contributed by atoms with Gasteiger partial charge in [-0.1, -0.05) is 0 Å². The van der Waals surface area contributed by atoms with Crippen molar-refractivity contribution in [2.24, 2.45) is 0 Å². The number of aliphatic hydroxyl groups excluding tert-OH is 3. The summed E-state index contributed by atoms with van der Waals surface area (Å²) in [7, 11) is -4.82. The van der Waals surface area contributed by atoms with Crippen LogP contribution in [0.1, 0.15) is 6.92 Å². The van der Waals surface area contributed by atoms with Gasteiger partial charge in [0.1, 0.15) is 18.3 Å². The molecule has 0 bridgehead atoms. The molecule has 1 fully saturated rings. The van der Waals surface area contributed by atoms with Crippen molar-refractivity contribution in [2.75, 3.05) is 0 Å². The van der Waals surface area contributed by atoms with E-state index in [4.69, 9.17) is 9.66 Å². The van der Waals surface area contributed by atoms with Crippen LogP contribution in [0.5, 0.6) is 0 Å².